The molecule has 0 aromatic carbocycles. The fourth-order valence-electron chi connectivity index (χ4n) is 3.59. The molecule has 0 radical (unpaired) electrons. The number of amides is 1. The lowest BCUT2D eigenvalue weighted by Crippen LogP contribution is -2.40. The molecule has 98 valence electrons. The summed E-state index contributed by atoms with van der Waals surface area (Å²) in [5.41, 5.74) is 0. The minimum atomic E-state index is 0.196. The molecule has 2 aliphatic rings. The lowest BCUT2D eigenvalue weighted by Gasteiger charge is -2.29. The van der Waals surface area contributed by atoms with Gasteiger partial charge in [-0.15, -0.1) is 0 Å². The van der Waals surface area contributed by atoms with Crippen LogP contribution in [0.5, 0.6) is 0 Å². The number of rotatable bonds is 3. The molecule has 0 aliphatic carbocycles. The number of carbonyl (C=O) groups excluding carboxylic acids is 1. The van der Waals surface area contributed by atoms with Gasteiger partial charge >= 0.3 is 0 Å². The van der Waals surface area contributed by atoms with Crippen molar-refractivity contribution in [1.29, 1.82) is 0 Å². The molecule has 1 amide bonds. The highest BCUT2D eigenvalue weighted by Crippen LogP contribution is 2.30. The van der Waals surface area contributed by atoms with E-state index in [0.29, 0.717) is 29.6 Å². The van der Waals surface area contributed by atoms with E-state index in [1.54, 1.807) is 0 Å². The van der Waals surface area contributed by atoms with Crippen molar-refractivity contribution < 1.29 is 4.79 Å². The van der Waals surface area contributed by atoms with E-state index in [9.17, 15) is 4.79 Å². The summed E-state index contributed by atoms with van der Waals surface area (Å²) in [6.07, 6.45) is 0. The minimum absolute atomic E-state index is 0.196. The summed E-state index contributed by atoms with van der Waals surface area (Å²) >= 11 is 0. The summed E-state index contributed by atoms with van der Waals surface area (Å²) in [4.78, 5) is 14.7. The average molecular weight is 238 g/mol. The van der Waals surface area contributed by atoms with Crippen LogP contribution in [0.15, 0.2) is 0 Å². The van der Waals surface area contributed by atoms with Crippen LogP contribution in [0, 0.1) is 29.6 Å². The first-order valence-electron chi connectivity index (χ1n) is 7.00. The van der Waals surface area contributed by atoms with E-state index in [0.717, 1.165) is 26.2 Å². The Bertz CT molecular complexity index is 268. The average Bonchev–Trinajstić information content (AvgIpc) is 2.74. The largest absolute Gasteiger partial charge is 0.342 e. The van der Waals surface area contributed by atoms with Crippen LogP contribution >= 0.6 is 0 Å². The third kappa shape index (κ3) is 2.49. The van der Waals surface area contributed by atoms with E-state index in [2.05, 4.69) is 37.9 Å². The zero-order valence-corrected chi connectivity index (χ0v) is 11.6. The van der Waals surface area contributed by atoms with Crippen LogP contribution in [-0.2, 0) is 4.79 Å². The maximum atomic E-state index is 12.6. The van der Waals surface area contributed by atoms with Gasteiger partial charge in [-0.1, -0.05) is 27.7 Å². The van der Waals surface area contributed by atoms with Crippen molar-refractivity contribution in [1.82, 2.24) is 10.2 Å². The maximum Gasteiger partial charge on any atom is 0.226 e. The summed E-state index contributed by atoms with van der Waals surface area (Å²) in [7, 11) is 0. The van der Waals surface area contributed by atoms with E-state index in [1.807, 2.05) is 0 Å². The van der Waals surface area contributed by atoms with Crippen LogP contribution in [-0.4, -0.2) is 37.0 Å². The van der Waals surface area contributed by atoms with E-state index < -0.39 is 0 Å². The molecule has 0 spiro atoms. The molecule has 2 rings (SSSR count). The highest BCUT2D eigenvalue weighted by atomic mass is 16.2. The summed E-state index contributed by atoms with van der Waals surface area (Å²) in [5.74, 6) is 2.89. The number of carbonyl (C=O) groups is 1. The second-order valence-corrected chi connectivity index (χ2v) is 6.44. The van der Waals surface area contributed by atoms with Crippen LogP contribution in [0.4, 0.5) is 0 Å². The zero-order chi connectivity index (χ0) is 12.6. The van der Waals surface area contributed by atoms with Gasteiger partial charge in [0.15, 0.2) is 0 Å². The number of nitrogens with zero attached hydrogens (tertiary/aromatic N) is 1. The topological polar surface area (TPSA) is 32.3 Å². The Hall–Kier alpha value is -0.570. The molecule has 3 heteroatoms. The van der Waals surface area contributed by atoms with Crippen LogP contribution < -0.4 is 5.32 Å². The van der Waals surface area contributed by atoms with Gasteiger partial charge in [-0.25, -0.2) is 0 Å². The first-order chi connectivity index (χ1) is 8.00. The Morgan fingerprint density at radius 1 is 1.06 bits per heavy atom. The van der Waals surface area contributed by atoms with Gasteiger partial charge in [-0.05, 0) is 23.7 Å². The van der Waals surface area contributed by atoms with Gasteiger partial charge in [-0.3, -0.25) is 4.79 Å². The predicted octanol–water partition coefficient (Wildman–Crippen LogP) is 1.59. The Morgan fingerprint density at radius 3 is 1.94 bits per heavy atom. The van der Waals surface area contributed by atoms with E-state index in [4.69, 9.17) is 0 Å². The number of hydrogen-bond acceptors (Lipinski definition) is 2. The van der Waals surface area contributed by atoms with Gasteiger partial charge in [0.1, 0.15) is 0 Å². The van der Waals surface area contributed by atoms with E-state index >= 15 is 0 Å². The molecule has 0 saturated carbocycles. The number of nitrogens with one attached hydrogen (secondary N) is 1. The Balaban J connectivity index is 2.00. The second-order valence-electron chi connectivity index (χ2n) is 6.44. The van der Waals surface area contributed by atoms with Crippen LogP contribution in [0.25, 0.3) is 0 Å². The first-order valence-corrected chi connectivity index (χ1v) is 7.00. The van der Waals surface area contributed by atoms with Crippen molar-refractivity contribution in [2.24, 2.45) is 29.6 Å². The summed E-state index contributed by atoms with van der Waals surface area (Å²) in [5, 5.41) is 3.42. The lowest BCUT2D eigenvalue weighted by molar-refractivity contribution is -0.137. The second kappa shape index (κ2) is 4.97. The van der Waals surface area contributed by atoms with E-state index in [1.165, 1.54) is 0 Å². The molecule has 1 N–H and O–H groups in total. The van der Waals surface area contributed by atoms with Crippen LogP contribution in [0.3, 0.4) is 0 Å². The standard InChI is InChI=1S/C14H26N2O/c1-9(2)13(10(3)4)14(17)16-7-11-5-15-6-12(11)8-16/h9-13,15H,5-8H2,1-4H3/t11-,12+. The van der Waals surface area contributed by atoms with Gasteiger partial charge in [0.05, 0.1) is 0 Å². The molecule has 0 unspecified atom stereocenters. The fraction of sp³-hybridized carbons (Fsp3) is 0.929. The third-order valence-electron chi connectivity index (χ3n) is 4.42. The van der Waals surface area contributed by atoms with Crippen molar-refractivity contribution in [3.8, 4) is 0 Å². The molecule has 2 saturated heterocycles. The van der Waals surface area contributed by atoms with Gasteiger partial charge in [-0.2, -0.15) is 0 Å². The highest BCUT2D eigenvalue weighted by molar-refractivity contribution is 5.79. The fourth-order valence-corrected chi connectivity index (χ4v) is 3.59. The molecule has 0 aromatic rings. The molecule has 2 aliphatic heterocycles. The van der Waals surface area contributed by atoms with Gasteiger partial charge in [0.2, 0.25) is 5.91 Å². The van der Waals surface area contributed by atoms with Crippen molar-refractivity contribution in [3.05, 3.63) is 0 Å². The summed E-state index contributed by atoms with van der Waals surface area (Å²) in [6.45, 7) is 12.8. The van der Waals surface area contributed by atoms with Gasteiger partial charge in [0.25, 0.3) is 0 Å². The molecule has 2 heterocycles. The molecule has 3 nitrogen and oxygen atoms in total. The minimum Gasteiger partial charge on any atom is -0.342 e. The molecule has 0 bridgehead atoms. The number of hydrogen-bond donors (Lipinski definition) is 1. The normalized spacial score (nSPS) is 28.5. The Labute approximate surface area is 105 Å². The molecule has 2 atom stereocenters. The third-order valence-corrected chi connectivity index (χ3v) is 4.42. The van der Waals surface area contributed by atoms with E-state index in [-0.39, 0.29) is 5.92 Å². The monoisotopic (exact) mass is 238 g/mol. The van der Waals surface area contributed by atoms with Crippen LogP contribution in [0.2, 0.25) is 0 Å². The van der Waals surface area contributed by atoms with Crippen LogP contribution in [0.1, 0.15) is 27.7 Å². The smallest absolute Gasteiger partial charge is 0.226 e. The molecule has 17 heavy (non-hydrogen) atoms. The number of likely N-dealkylation sites (tertiary alicyclic amines) is 1. The first kappa shape index (κ1) is 12.9. The summed E-state index contributed by atoms with van der Waals surface area (Å²) in [6, 6.07) is 0. The maximum absolute atomic E-state index is 12.6. The van der Waals surface area contributed by atoms with Crippen molar-refractivity contribution in [2.45, 2.75) is 27.7 Å². The van der Waals surface area contributed by atoms with Crippen molar-refractivity contribution in [2.75, 3.05) is 26.2 Å². The SMILES string of the molecule is CC(C)C(C(=O)N1C[C@H]2CNC[C@H]2C1)C(C)C. The Morgan fingerprint density at radius 2 is 1.53 bits per heavy atom. The summed E-state index contributed by atoms with van der Waals surface area (Å²) < 4.78 is 0. The quantitative estimate of drug-likeness (QED) is 0.810. The zero-order valence-electron chi connectivity index (χ0n) is 11.6. The van der Waals surface area contributed by atoms with Gasteiger partial charge < -0.3 is 10.2 Å². The lowest BCUT2D eigenvalue weighted by atomic mass is 9.84. The molecule has 0 aromatic heterocycles. The Kier molecular flexibility index (Phi) is 3.76. The number of fused-ring (bicyclic) bond motifs is 1. The highest BCUT2D eigenvalue weighted by Gasteiger charge is 2.40. The molecular formula is C14H26N2O. The molecular weight excluding hydrogens is 212 g/mol. The predicted molar refractivity (Wildman–Crippen MR) is 69.6 cm³/mol. The van der Waals surface area contributed by atoms with Crippen molar-refractivity contribution in [3.63, 3.8) is 0 Å². The van der Waals surface area contributed by atoms with Gasteiger partial charge in [0, 0.05) is 32.1 Å². The molecule has 2 fully saturated rings. The van der Waals surface area contributed by atoms with Crippen molar-refractivity contribution >= 4 is 5.91 Å².